The number of hydrogen-bond acceptors (Lipinski definition) is 4. The average molecular weight is 318 g/mol. The van der Waals surface area contributed by atoms with E-state index in [9.17, 15) is 15.0 Å². The van der Waals surface area contributed by atoms with Gasteiger partial charge in [0.15, 0.2) is 5.78 Å². The molecule has 5 rings (SSSR count). The van der Waals surface area contributed by atoms with Gasteiger partial charge in [-0.1, -0.05) is 19.4 Å². The standard InChI is InChI=1S/C19H26O4/c1-18-6-5-11-10(15(18)12(20)8-14(18)22)4-3-9-7-13(21)16-17(23-16)19(9,11)2/h7,10-12,14-17,20,22H,3-6,8H2,1-2H3/t10-,11+,12?,14?,15-,16?,17?,18-,19+/m1/s1. The Balaban J connectivity index is 1.56. The molecule has 5 aliphatic rings. The SMILES string of the molecule is C[C@]12CC[C@H]3[C@@H](CCC4=CC(=O)C5OC5[C@@]43C)[C@@H]1C(O)CC2O. The Labute approximate surface area is 136 Å². The first-order valence-electron chi connectivity index (χ1n) is 9.14. The van der Waals surface area contributed by atoms with Gasteiger partial charge in [-0.2, -0.15) is 0 Å². The third-order valence-corrected chi connectivity index (χ3v) is 8.26. The molecule has 4 nitrogen and oxygen atoms in total. The number of fused-ring (bicyclic) bond motifs is 7. The van der Waals surface area contributed by atoms with E-state index in [4.69, 9.17) is 4.74 Å². The lowest BCUT2D eigenvalue weighted by Gasteiger charge is -2.57. The largest absolute Gasteiger partial charge is 0.393 e. The first-order chi connectivity index (χ1) is 10.9. The van der Waals surface area contributed by atoms with Crippen LogP contribution in [0.5, 0.6) is 0 Å². The molecule has 4 fully saturated rings. The fourth-order valence-electron chi connectivity index (χ4n) is 6.96. The van der Waals surface area contributed by atoms with Crippen molar-refractivity contribution in [1.82, 2.24) is 0 Å². The van der Waals surface area contributed by atoms with Gasteiger partial charge in [0.05, 0.1) is 12.2 Å². The zero-order valence-electron chi connectivity index (χ0n) is 13.9. The third kappa shape index (κ3) is 1.60. The molecule has 0 amide bonds. The summed E-state index contributed by atoms with van der Waals surface area (Å²) in [6, 6.07) is 0. The maximum Gasteiger partial charge on any atom is 0.187 e. The monoisotopic (exact) mass is 318 g/mol. The van der Waals surface area contributed by atoms with E-state index in [2.05, 4.69) is 13.8 Å². The van der Waals surface area contributed by atoms with Crippen molar-refractivity contribution in [3.05, 3.63) is 11.6 Å². The summed E-state index contributed by atoms with van der Waals surface area (Å²) in [6.45, 7) is 4.45. The Bertz CT molecular complexity index is 612. The minimum absolute atomic E-state index is 0.0455. The van der Waals surface area contributed by atoms with Gasteiger partial charge in [0.2, 0.25) is 0 Å². The van der Waals surface area contributed by atoms with Crippen molar-refractivity contribution < 1.29 is 19.7 Å². The lowest BCUT2D eigenvalue weighted by Crippen LogP contribution is -2.55. The van der Waals surface area contributed by atoms with Gasteiger partial charge in [0.25, 0.3) is 0 Å². The molecule has 1 heterocycles. The van der Waals surface area contributed by atoms with Crippen LogP contribution in [0.15, 0.2) is 11.6 Å². The summed E-state index contributed by atoms with van der Waals surface area (Å²) in [5, 5.41) is 21.1. The second-order valence-corrected chi connectivity index (χ2v) is 9.03. The lowest BCUT2D eigenvalue weighted by molar-refractivity contribution is -0.117. The van der Waals surface area contributed by atoms with Gasteiger partial charge in [-0.15, -0.1) is 0 Å². The predicted octanol–water partition coefficient (Wildman–Crippen LogP) is 1.84. The van der Waals surface area contributed by atoms with Gasteiger partial charge < -0.3 is 14.9 Å². The molecule has 4 unspecified atom stereocenters. The fourth-order valence-corrected chi connectivity index (χ4v) is 6.96. The van der Waals surface area contributed by atoms with E-state index >= 15 is 0 Å². The van der Waals surface area contributed by atoms with Gasteiger partial charge in [-0.25, -0.2) is 0 Å². The van der Waals surface area contributed by atoms with Crippen LogP contribution >= 0.6 is 0 Å². The molecule has 23 heavy (non-hydrogen) atoms. The van der Waals surface area contributed by atoms with Gasteiger partial charge in [-0.05, 0) is 54.9 Å². The molecular weight excluding hydrogens is 292 g/mol. The molecule has 0 aromatic rings. The van der Waals surface area contributed by atoms with E-state index < -0.39 is 6.10 Å². The molecule has 3 saturated carbocycles. The first-order valence-corrected chi connectivity index (χ1v) is 9.14. The number of carbonyl (C=O) groups is 1. The normalized spacial score (nSPS) is 60.3. The summed E-state index contributed by atoms with van der Waals surface area (Å²) in [6.07, 6.45) is 5.44. The molecule has 0 spiro atoms. The third-order valence-electron chi connectivity index (χ3n) is 8.26. The Kier molecular flexibility index (Phi) is 2.72. The maximum atomic E-state index is 12.0. The van der Waals surface area contributed by atoms with Crippen molar-refractivity contribution in [2.24, 2.45) is 28.6 Å². The number of hydrogen-bond donors (Lipinski definition) is 2. The number of epoxide rings is 1. The predicted molar refractivity (Wildman–Crippen MR) is 83.5 cm³/mol. The van der Waals surface area contributed by atoms with Crippen molar-refractivity contribution in [2.75, 3.05) is 0 Å². The number of aliphatic hydroxyl groups is 2. The number of ether oxygens (including phenoxy) is 1. The average Bonchev–Trinajstić information content (AvgIpc) is 3.26. The van der Waals surface area contributed by atoms with Crippen molar-refractivity contribution in [3.8, 4) is 0 Å². The fraction of sp³-hybridized carbons (Fsp3) is 0.842. The van der Waals surface area contributed by atoms with Gasteiger partial charge >= 0.3 is 0 Å². The van der Waals surface area contributed by atoms with Crippen molar-refractivity contribution in [2.45, 2.75) is 70.4 Å². The zero-order chi connectivity index (χ0) is 16.1. The van der Waals surface area contributed by atoms with E-state index in [1.807, 2.05) is 6.08 Å². The summed E-state index contributed by atoms with van der Waals surface area (Å²) >= 11 is 0. The number of rotatable bonds is 0. The summed E-state index contributed by atoms with van der Waals surface area (Å²) in [5.74, 6) is 1.23. The Morgan fingerprint density at radius 2 is 2.04 bits per heavy atom. The summed E-state index contributed by atoms with van der Waals surface area (Å²) in [7, 11) is 0. The Morgan fingerprint density at radius 3 is 2.83 bits per heavy atom. The second kappa shape index (κ2) is 4.27. The molecule has 0 aromatic carbocycles. The minimum Gasteiger partial charge on any atom is -0.393 e. The Morgan fingerprint density at radius 1 is 1.26 bits per heavy atom. The molecule has 1 saturated heterocycles. The molecule has 0 aromatic heterocycles. The van der Waals surface area contributed by atoms with Crippen LogP contribution < -0.4 is 0 Å². The van der Waals surface area contributed by atoms with Crippen LogP contribution in [0.1, 0.15) is 46.0 Å². The van der Waals surface area contributed by atoms with Gasteiger partial charge in [-0.3, -0.25) is 4.79 Å². The highest BCUT2D eigenvalue weighted by atomic mass is 16.6. The highest BCUT2D eigenvalue weighted by molar-refractivity contribution is 5.98. The first kappa shape index (κ1) is 14.6. The minimum atomic E-state index is -0.391. The van der Waals surface area contributed by atoms with Crippen LogP contribution in [0, 0.1) is 28.6 Å². The maximum absolute atomic E-state index is 12.0. The second-order valence-electron chi connectivity index (χ2n) is 9.03. The summed E-state index contributed by atoms with van der Waals surface area (Å²) < 4.78 is 5.78. The van der Waals surface area contributed by atoms with Crippen LogP contribution in [-0.4, -0.2) is 40.4 Å². The Hall–Kier alpha value is -0.710. The molecule has 4 heteroatoms. The number of aliphatic hydroxyl groups excluding tert-OH is 2. The van der Waals surface area contributed by atoms with E-state index in [1.165, 1.54) is 5.57 Å². The van der Waals surface area contributed by atoms with Crippen LogP contribution in [0.25, 0.3) is 0 Å². The summed E-state index contributed by atoms with van der Waals surface area (Å²) in [5.41, 5.74) is 1.09. The molecule has 126 valence electrons. The van der Waals surface area contributed by atoms with E-state index in [1.54, 1.807) is 0 Å². The van der Waals surface area contributed by atoms with E-state index in [0.717, 1.165) is 25.7 Å². The highest BCUT2D eigenvalue weighted by Crippen LogP contribution is 2.67. The highest BCUT2D eigenvalue weighted by Gasteiger charge is 2.68. The number of ketones is 1. The van der Waals surface area contributed by atoms with Crippen molar-refractivity contribution in [1.29, 1.82) is 0 Å². The van der Waals surface area contributed by atoms with E-state index in [-0.39, 0.29) is 40.8 Å². The number of carbonyl (C=O) groups excluding carboxylic acids is 1. The topological polar surface area (TPSA) is 70.1 Å². The summed E-state index contributed by atoms with van der Waals surface area (Å²) in [4.78, 5) is 12.0. The molecule has 2 N–H and O–H groups in total. The smallest absolute Gasteiger partial charge is 0.187 e. The van der Waals surface area contributed by atoms with Crippen molar-refractivity contribution in [3.63, 3.8) is 0 Å². The van der Waals surface area contributed by atoms with Gasteiger partial charge in [0.1, 0.15) is 12.2 Å². The van der Waals surface area contributed by atoms with E-state index in [0.29, 0.717) is 18.3 Å². The quantitative estimate of drug-likeness (QED) is 0.669. The lowest BCUT2D eigenvalue weighted by atomic mass is 9.47. The molecule has 0 bridgehead atoms. The van der Waals surface area contributed by atoms with Crippen LogP contribution in [-0.2, 0) is 9.53 Å². The molecule has 9 atom stereocenters. The van der Waals surface area contributed by atoms with Crippen LogP contribution in [0.3, 0.4) is 0 Å². The van der Waals surface area contributed by atoms with Gasteiger partial charge in [0, 0.05) is 11.8 Å². The molecular formula is C19H26O4. The molecule has 4 aliphatic carbocycles. The van der Waals surface area contributed by atoms with Crippen molar-refractivity contribution >= 4 is 5.78 Å². The van der Waals surface area contributed by atoms with Crippen LogP contribution in [0.4, 0.5) is 0 Å². The zero-order valence-corrected chi connectivity index (χ0v) is 13.9. The molecule has 0 radical (unpaired) electrons. The molecule has 1 aliphatic heterocycles. The van der Waals surface area contributed by atoms with Crippen LogP contribution in [0.2, 0.25) is 0 Å².